The number of para-hydroxylation sites is 12. The van der Waals surface area contributed by atoms with Crippen molar-refractivity contribution in [3.05, 3.63) is 278 Å². The van der Waals surface area contributed by atoms with E-state index in [9.17, 15) is 0 Å². The van der Waals surface area contributed by atoms with Crippen molar-refractivity contribution in [2.45, 2.75) is 19.3 Å². The minimum atomic E-state index is -0.469. The predicted molar refractivity (Wildman–Crippen MR) is 344 cm³/mol. The molecule has 0 saturated carbocycles. The van der Waals surface area contributed by atoms with Crippen LogP contribution in [-0.2, 0) is 5.41 Å². The van der Waals surface area contributed by atoms with Crippen molar-refractivity contribution in [3.63, 3.8) is 0 Å². The van der Waals surface area contributed by atoms with E-state index in [1.165, 1.54) is 16.7 Å². The fraction of sp³-hybridized carbons (Fsp3) is 0.0933. The monoisotopic (exact) mass is 1080 g/mol. The molecule has 0 amide bonds. The highest BCUT2D eigenvalue weighted by Gasteiger charge is 2.39. The van der Waals surface area contributed by atoms with Crippen LogP contribution in [0.15, 0.2) is 267 Å². The minimum absolute atomic E-state index is 0.469. The van der Waals surface area contributed by atoms with Crippen molar-refractivity contribution in [2.24, 2.45) is 0 Å². The molecule has 0 fully saturated rings. The summed E-state index contributed by atoms with van der Waals surface area (Å²) < 4.78 is 24.9. The van der Waals surface area contributed by atoms with Gasteiger partial charge in [0.05, 0.1) is 62.6 Å². The smallest absolute Gasteiger partial charge is 0.142 e. The number of fused-ring (bicyclic) bond motifs is 5. The first-order valence-corrected chi connectivity index (χ1v) is 28.0. The van der Waals surface area contributed by atoms with Gasteiger partial charge in [0.15, 0.2) is 0 Å². The molecular weight excluding hydrogens is 1020 g/mol. The Morgan fingerprint density at radius 1 is 0.253 bits per heavy atom. The summed E-state index contributed by atoms with van der Waals surface area (Å²) in [5, 5.41) is 4.09. The van der Waals surface area contributed by atoms with Gasteiger partial charge in [0.25, 0.3) is 0 Å². The molecule has 0 radical (unpaired) electrons. The van der Waals surface area contributed by atoms with E-state index in [0.29, 0.717) is 0 Å². The van der Waals surface area contributed by atoms with Crippen LogP contribution in [0.4, 0.5) is 68.2 Å². The fourth-order valence-corrected chi connectivity index (χ4v) is 12.3. The minimum Gasteiger partial charge on any atom is -0.495 e. The standard InChI is InChI=1S/C75H62N4O4/c1-75(2)63-48-56(77(52-29-13-8-14-30-52)66-36-20-24-40-70(66)81-4)43-45-57(63)59-49-61-62(50-64(59)75)73(78(53-31-15-9-16-32-53)67-37-21-25-41-71(67)82-5)58-46-44-55(76(51-27-11-7-12-28-51)65-35-19-23-39-69(65)80-3)47-60(58)74(61)79(54-33-17-10-18-34-54)68-38-22-26-42-72(68)83-6/h7-50H,1-6H3. The van der Waals surface area contributed by atoms with E-state index in [-0.39, 0.29) is 0 Å². The molecule has 83 heavy (non-hydrogen) atoms. The second-order valence-corrected chi connectivity index (χ2v) is 21.1. The van der Waals surface area contributed by atoms with Crippen LogP contribution in [0.25, 0.3) is 32.7 Å². The number of methoxy groups -OCH3 is 4. The van der Waals surface area contributed by atoms with Crippen molar-refractivity contribution in [1.29, 1.82) is 0 Å². The maximum Gasteiger partial charge on any atom is 0.142 e. The summed E-state index contributed by atoms with van der Waals surface area (Å²) in [4.78, 5) is 9.38. The molecule has 12 aromatic carbocycles. The first-order chi connectivity index (χ1) is 40.8. The molecule has 1 aliphatic carbocycles. The Bertz CT molecular complexity index is 4330. The summed E-state index contributed by atoms with van der Waals surface area (Å²) in [6, 6.07) is 94.3. The van der Waals surface area contributed by atoms with Crippen molar-refractivity contribution in [2.75, 3.05) is 48.0 Å². The molecule has 0 spiro atoms. The molecule has 0 N–H and O–H groups in total. The van der Waals surface area contributed by atoms with E-state index < -0.39 is 5.41 Å². The molecule has 8 nitrogen and oxygen atoms in total. The molecule has 8 heteroatoms. The maximum atomic E-state index is 6.36. The fourth-order valence-electron chi connectivity index (χ4n) is 12.3. The summed E-state index contributed by atoms with van der Waals surface area (Å²) in [5.74, 6) is 3.00. The zero-order valence-corrected chi connectivity index (χ0v) is 47.3. The van der Waals surface area contributed by atoms with E-state index in [0.717, 1.165) is 118 Å². The van der Waals surface area contributed by atoms with E-state index in [1.807, 2.05) is 48.5 Å². The summed E-state index contributed by atoms with van der Waals surface area (Å²) >= 11 is 0. The molecule has 0 aliphatic heterocycles. The summed E-state index contributed by atoms with van der Waals surface area (Å²) in [7, 11) is 6.98. The van der Waals surface area contributed by atoms with Crippen molar-refractivity contribution in [1.82, 2.24) is 0 Å². The molecule has 0 unspecified atom stereocenters. The van der Waals surface area contributed by atoms with Gasteiger partial charge < -0.3 is 38.5 Å². The Morgan fingerprint density at radius 3 is 0.988 bits per heavy atom. The Morgan fingerprint density at radius 2 is 0.566 bits per heavy atom. The Kier molecular flexibility index (Phi) is 13.7. The van der Waals surface area contributed by atoms with Crippen LogP contribution in [0.2, 0.25) is 0 Å². The predicted octanol–water partition coefficient (Wildman–Crippen LogP) is 20.2. The average molecular weight is 1080 g/mol. The van der Waals surface area contributed by atoms with Gasteiger partial charge >= 0.3 is 0 Å². The van der Waals surface area contributed by atoms with Crippen LogP contribution in [0.1, 0.15) is 25.0 Å². The second kappa shape index (κ2) is 21.9. The van der Waals surface area contributed by atoms with Crippen molar-refractivity contribution < 1.29 is 18.9 Å². The molecular formula is C75H62N4O4. The van der Waals surface area contributed by atoms with Crippen LogP contribution < -0.4 is 38.5 Å². The number of nitrogens with zero attached hydrogens (tertiary/aromatic N) is 4. The summed E-state index contributed by atoms with van der Waals surface area (Å²) in [6.07, 6.45) is 0. The van der Waals surface area contributed by atoms with Gasteiger partial charge in [-0.15, -0.1) is 0 Å². The molecule has 406 valence electrons. The van der Waals surface area contributed by atoms with E-state index in [4.69, 9.17) is 18.9 Å². The van der Waals surface area contributed by atoms with Crippen LogP contribution in [-0.4, -0.2) is 28.4 Å². The number of hydrogen-bond acceptors (Lipinski definition) is 8. The second-order valence-electron chi connectivity index (χ2n) is 21.1. The van der Waals surface area contributed by atoms with Crippen LogP contribution >= 0.6 is 0 Å². The van der Waals surface area contributed by atoms with Gasteiger partial charge in [-0.3, -0.25) is 0 Å². The lowest BCUT2D eigenvalue weighted by Crippen LogP contribution is -2.18. The van der Waals surface area contributed by atoms with E-state index in [1.54, 1.807) is 28.4 Å². The third-order valence-electron chi connectivity index (χ3n) is 16.1. The van der Waals surface area contributed by atoms with Gasteiger partial charge in [-0.25, -0.2) is 0 Å². The number of benzene rings is 12. The highest BCUT2D eigenvalue weighted by atomic mass is 16.5. The summed E-state index contributed by atoms with van der Waals surface area (Å²) in [6.45, 7) is 4.74. The number of ether oxygens (including phenoxy) is 4. The third-order valence-corrected chi connectivity index (χ3v) is 16.1. The lowest BCUT2D eigenvalue weighted by atomic mass is 9.81. The molecule has 0 atom stereocenters. The normalized spacial score (nSPS) is 12.1. The quantitative estimate of drug-likeness (QED) is 0.0701. The third kappa shape index (κ3) is 9.05. The molecule has 0 bridgehead atoms. The van der Waals surface area contributed by atoms with Crippen LogP contribution in [0.3, 0.4) is 0 Å². The average Bonchev–Trinajstić information content (AvgIpc) is 2.08. The number of anilines is 12. The summed E-state index contributed by atoms with van der Waals surface area (Å²) in [5.41, 5.74) is 15.8. The number of hydrogen-bond donors (Lipinski definition) is 0. The van der Waals surface area contributed by atoms with Crippen molar-refractivity contribution >= 4 is 89.8 Å². The Balaban J connectivity index is 1.19. The van der Waals surface area contributed by atoms with Gasteiger partial charge in [0.2, 0.25) is 0 Å². The van der Waals surface area contributed by atoms with Crippen LogP contribution in [0, 0.1) is 0 Å². The molecule has 0 saturated heterocycles. The van der Waals surface area contributed by atoms with E-state index >= 15 is 0 Å². The highest BCUT2D eigenvalue weighted by molar-refractivity contribution is 6.25. The van der Waals surface area contributed by atoms with Crippen LogP contribution in [0.5, 0.6) is 23.0 Å². The molecule has 12 aromatic rings. The molecule has 1 aliphatic rings. The highest BCUT2D eigenvalue weighted by Crippen LogP contribution is 2.59. The molecule has 0 aromatic heterocycles. The van der Waals surface area contributed by atoms with Gasteiger partial charge in [-0.05, 0) is 156 Å². The maximum absolute atomic E-state index is 6.36. The first-order valence-electron chi connectivity index (χ1n) is 28.0. The first kappa shape index (κ1) is 52.0. The van der Waals surface area contributed by atoms with E-state index in [2.05, 4.69) is 252 Å². The number of rotatable bonds is 16. The van der Waals surface area contributed by atoms with Gasteiger partial charge in [0.1, 0.15) is 23.0 Å². The molecule has 0 heterocycles. The van der Waals surface area contributed by atoms with Crippen molar-refractivity contribution in [3.8, 4) is 34.1 Å². The van der Waals surface area contributed by atoms with Gasteiger partial charge in [-0.2, -0.15) is 0 Å². The SMILES string of the molecule is COc1ccccc1N(c1ccccc1)c1ccc2c(c1)C(C)(C)c1cc3c(N(c4ccccc4)c4ccccc4OC)c4ccc(N(c5ccccc5)c5ccccc5OC)cc4c(N(c4ccccc4)c4ccccc4OC)c3cc1-2. The zero-order chi connectivity index (χ0) is 56.6. The lowest BCUT2D eigenvalue weighted by Gasteiger charge is -2.35. The Hall–Kier alpha value is -10.4. The largest absolute Gasteiger partial charge is 0.495 e. The van der Waals surface area contributed by atoms with Gasteiger partial charge in [-0.1, -0.05) is 147 Å². The lowest BCUT2D eigenvalue weighted by molar-refractivity contribution is 0.416. The topological polar surface area (TPSA) is 49.9 Å². The Labute approximate surface area is 485 Å². The van der Waals surface area contributed by atoms with Gasteiger partial charge in [0, 0.05) is 61.1 Å². The zero-order valence-electron chi connectivity index (χ0n) is 47.3. The molecule has 13 rings (SSSR count).